The summed E-state index contributed by atoms with van der Waals surface area (Å²) in [5.74, 6) is 1.46. The standard InChI is InChI=1S/C19H33F3O2/c1-2-3-4-6-15-8-10-17(11-9-15)18-23-13-16(14-24-18)7-5-12-19(20,21)22/h15-18H,2-14H2,1H3/t15-,16-,17-,18-. The lowest BCUT2D eigenvalue weighted by atomic mass is 9.79. The molecule has 2 fully saturated rings. The van der Waals surface area contributed by atoms with Gasteiger partial charge < -0.3 is 9.47 Å². The van der Waals surface area contributed by atoms with Gasteiger partial charge in [0.1, 0.15) is 0 Å². The van der Waals surface area contributed by atoms with Gasteiger partial charge in [-0.1, -0.05) is 32.6 Å². The molecular formula is C19H33F3O2. The average Bonchev–Trinajstić information content (AvgIpc) is 2.55. The van der Waals surface area contributed by atoms with Crippen molar-refractivity contribution in [2.45, 2.75) is 90.0 Å². The summed E-state index contributed by atoms with van der Waals surface area (Å²) in [5.41, 5.74) is 0. The van der Waals surface area contributed by atoms with Crippen molar-refractivity contribution in [2.75, 3.05) is 13.2 Å². The number of ether oxygens (including phenoxy) is 2. The van der Waals surface area contributed by atoms with Crippen molar-refractivity contribution < 1.29 is 22.6 Å². The zero-order chi connectivity index (χ0) is 17.4. The van der Waals surface area contributed by atoms with Gasteiger partial charge in [-0.25, -0.2) is 0 Å². The van der Waals surface area contributed by atoms with Gasteiger partial charge in [-0.2, -0.15) is 13.2 Å². The van der Waals surface area contributed by atoms with Crippen molar-refractivity contribution in [3.63, 3.8) is 0 Å². The molecule has 0 amide bonds. The molecule has 2 nitrogen and oxygen atoms in total. The van der Waals surface area contributed by atoms with Crippen LogP contribution >= 0.6 is 0 Å². The van der Waals surface area contributed by atoms with Crippen molar-refractivity contribution in [1.82, 2.24) is 0 Å². The number of hydrogen-bond donors (Lipinski definition) is 0. The Hall–Kier alpha value is -0.290. The van der Waals surface area contributed by atoms with E-state index >= 15 is 0 Å². The first-order valence-electron chi connectivity index (χ1n) is 9.78. The van der Waals surface area contributed by atoms with Crippen molar-refractivity contribution >= 4 is 0 Å². The smallest absolute Gasteiger partial charge is 0.352 e. The van der Waals surface area contributed by atoms with Crippen LogP contribution in [0.4, 0.5) is 13.2 Å². The quantitative estimate of drug-likeness (QED) is 0.493. The Bertz CT molecular complexity index is 330. The van der Waals surface area contributed by atoms with E-state index in [1.54, 1.807) is 0 Å². The monoisotopic (exact) mass is 350 g/mol. The zero-order valence-corrected chi connectivity index (χ0v) is 15.0. The maximum Gasteiger partial charge on any atom is 0.389 e. The summed E-state index contributed by atoms with van der Waals surface area (Å²) in [5, 5.41) is 0. The van der Waals surface area contributed by atoms with Gasteiger partial charge in [-0.15, -0.1) is 0 Å². The molecule has 1 saturated carbocycles. The minimum Gasteiger partial charge on any atom is -0.352 e. The van der Waals surface area contributed by atoms with E-state index < -0.39 is 12.6 Å². The molecule has 0 N–H and O–H groups in total. The Morgan fingerprint density at radius 2 is 1.46 bits per heavy atom. The normalized spacial score (nSPS) is 32.0. The highest BCUT2D eigenvalue weighted by Crippen LogP contribution is 2.36. The topological polar surface area (TPSA) is 18.5 Å². The highest BCUT2D eigenvalue weighted by atomic mass is 19.4. The molecular weight excluding hydrogens is 317 g/mol. The molecule has 1 aliphatic carbocycles. The third-order valence-electron chi connectivity index (χ3n) is 5.56. The Labute approximate surface area is 144 Å². The summed E-state index contributed by atoms with van der Waals surface area (Å²) in [6.07, 6.45) is 6.04. The van der Waals surface area contributed by atoms with Gasteiger partial charge in [0, 0.05) is 18.3 Å². The van der Waals surface area contributed by atoms with Gasteiger partial charge in [-0.05, 0) is 44.4 Å². The number of rotatable bonds is 8. The molecule has 0 spiro atoms. The average molecular weight is 350 g/mol. The van der Waals surface area contributed by atoms with E-state index in [0.29, 0.717) is 25.6 Å². The zero-order valence-electron chi connectivity index (χ0n) is 15.0. The molecule has 5 heteroatoms. The van der Waals surface area contributed by atoms with E-state index in [4.69, 9.17) is 9.47 Å². The van der Waals surface area contributed by atoms with Gasteiger partial charge >= 0.3 is 6.18 Å². The summed E-state index contributed by atoms with van der Waals surface area (Å²) in [6, 6.07) is 0. The maximum absolute atomic E-state index is 12.2. The Kier molecular flexibility index (Phi) is 8.35. The molecule has 0 bridgehead atoms. The molecule has 0 aromatic rings. The van der Waals surface area contributed by atoms with Gasteiger partial charge in [0.2, 0.25) is 0 Å². The molecule has 0 unspecified atom stereocenters. The molecule has 0 atom stereocenters. The van der Waals surface area contributed by atoms with Crippen molar-refractivity contribution in [3.8, 4) is 0 Å². The SMILES string of the molecule is CCCCC[C@H]1CC[C@H]([C@H]2OC[C@H](CCCC(F)(F)F)CO2)CC1. The second kappa shape index (κ2) is 10.0. The lowest BCUT2D eigenvalue weighted by Crippen LogP contribution is -2.38. The Balaban J connectivity index is 1.58. The molecule has 2 rings (SSSR count). The van der Waals surface area contributed by atoms with Crippen LogP contribution in [0, 0.1) is 17.8 Å². The van der Waals surface area contributed by atoms with E-state index in [-0.39, 0.29) is 18.6 Å². The summed E-state index contributed by atoms with van der Waals surface area (Å²) in [6.45, 7) is 3.35. The first kappa shape index (κ1) is 20.0. The predicted molar refractivity (Wildman–Crippen MR) is 88.7 cm³/mol. The molecule has 0 aromatic heterocycles. The van der Waals surface area contributed by atoms with Gasteiger partial charge in [-0.3, -0.25) is 0 Å². The first-order chi connectivity index (χ1) is 11.5. The fourth-order valence-electron chi connectivity index (χ4n) is 4.02. The molecule has 0 radical (unpaired) electrons. The van der Waals surface area contributed by atoms with Gasteiger partial charge in [0.05, 0.1) is 13.2 Å². The third kappa shape index (κ3) is 7.30. The molecule has 1 saturated heterocycles. The summed E-state index contributed by atoms with van der Waals surface area (Å²) < 4.78 is 48.2. The van der Waals surface area contributed by atoms with Crippen LogP contribution in [0.3, 0.4) is 0 Å². The van der Waals surface area contributed by atoms with E-state index in [1.165, 1.54) is 51.4 Å². The molecule has 0 aromatic carbocycles. The van der Waals surface area contributed by atoms with Gasteiger partial charge in [0.15, 0.2) is 6.29 Å². The highest BCUT2D eigenvalue weighted by molar-refractivity contribution is 4.77. The van der Waals surface area contributed by atoms with E-state index in [1.807, 2.05) is 0 Å². The summed E-state index contributed by atoms with van der Waals surface area (Å²) >= 11 is 0. The summed E-state index contributed by atoms with van der Waals surface area (Å²) in [7, 11) is 0. The van der Waals surface area contributed by atoms with E-state index in [0.717, 1.165) is 5.92 Å². The fourth-order valence-corrected chi connectivity index (χ4v) is 4.02. The van der Waals surface area contributed by atoms with Crippen LogP contribution in [0.5, 0.6) is 0 Å². The largest absolute Gasteiger partial charge is 0.389 e. The number of halogens is 3. The number of unbranched alkanes of at least 4 members (excludes halogenated alkanes) is 2. The maximum atomic E-state index is 12.2. The van der Waals surface area contributed by atoms with Crippen LogP contribution in [0.15, 0.2) is 0 Å². The Morgan fingerprint density at radius 3 is 2.04 bits per heavy atom. The molecule has 2 aliphatic rings. The minimum absolute atomic E-state index is 0.119. The third-order valence-corrected chi connectivity index (χ3v) is 5.56. The van der Waals surface area contributed by atoms with Crippen LogP contribution in [-0.2, 0) is 9.47 Å². The molecule has 1 aliphatic heterocycles. The fraction of sp³-hybridized carbons (Fsp3) is 1.00. The van der Waals surface area contributed by atoms with Crippen LogP contribution in [0.1, 0.15) is 77.6 Å². The molecule has 142 valence electrons. The van der Waals surface area contributed by atoms with Gasteiger partial charge in [0.25, 0.3) is 0 Å². The van der Waals surface area contributed by atoms with E-state index in [2.05, 4.69) is 6.92 Å². The van der Waals surface area contributed by atoms with Crippen molar-refractivity contribution in [3.05, 3.63) is 0 Å². The van der Waals surface area contributed by atoms with Crippen LogP contribution in [0.2, 0.25) is 0 Å². The Morgan fingerprint density at radius 1 is 0.833 bits per heavy atom. The first-order valence-corrected chi connectivity index (χ1v) is 9.78. The number of hydrogen-bond acceptors (Lipinski definition) is 2. The minimum atomic E-state index is -4.05. The second-order valence-electron chi connectivity index (χ2n) is 7.69. The van der Waals surface area contributed by atoms with Crippen LogP contribution in [0.25, 0.3) is 0 Å². The predicted octanol–water partition coefficient (Wildman–Crippen LogP) is 6.09. The van der Waals surface area contributed by atoms with Crippen LogP contribution in [-0.4, -0.2) is 25.7 Å². The highest BCUT2D eigenvalue weighted by Gasteiger charge is 2.33. The number of alkyl halides is 3. The van der Waals surface area contributed by atoms with E-state index in [9.17, 15) is 13.2 Å². The lowest BCUT2D eigenvalue weighted by Gasteiger charge is -2.37. The molecule has 24 heavy (non-hydrogen) atoms. The summed E-state index contributed by atoms with van der Waals surface area (Å²) in [4.78, 5) is 0. The molecule has 1 heterocycles. The van der Waals surface area contributed by atoms with Crippen molar-refractivity contribution in [2.24, 2.45) is 17.8 Å². The van der Waals surface area contributed by atoms with Crippen molar-refractivity contribution in [1.29, 1.82) is 0 Å². The lowest BCUT2D eigenvalue weighted by molar-refractivity contribution is -0.230. The van der Waals surface area contributed by atoms with Crippen LogP contribution < -0.4 is 0 Å². The second-order valence-corrected chi connectivity index (χ2v) is 7.69.